The molecule has 130 valence electrons. The van der Waals surface area contributed by atoms with Crippen LogP contribution < -0.4 is 10.6 Å². The molecule has 8 nitrogen and oxygen atoms in total. The molecule has 2 rings (SSSR count). The molecule has 1 aromatic rings. The van der Waals surface area contributed by atoms with E-state index in [9.17, 15) is 19.7 Å². The molecule has 1 saturated heterocycles. The van der Waals surface area contributed by atoms with Gasteiger partial charge in [0.25, 0.3) is 11.6 Å². The summed E-state index contributed by atoms with van der Waals surface area (Å²) in [7, 11) is 0. The van der Waals surface area contributed by atoms with Crippen molar-refractivity contribution in [2.45, 2.75) is 38.7 Å². The molecule has 0 bridgehead atoms. The SMILES string of the molecule is C[C@@H](OC(=O)c1ccc(N2CCCCCC2)c([N+](=O)[O-])c1)C(N)=O. The quantitative estimate of drug-likeness (QED) is 0.500. The minimum absolute atomic E-state index is 0.0216. The number of anilines is 1. The summed E-state index contributed by atoms with van der Waals surface area (Å²) in [6, 6.07) is 4.23. The fourth-order valence-corrected chi connectivity index (χ4v) is 2.66. The molecule has 2 N–H and O–H groups in total. The first-order chi connectivity index (χ1) is 11.4. The molecule has 1 heterocycles. The average Bonchev–Trinajstić information content (AvgIpc) is 2.83. The van der Waals surface area contributed by atoms with Crippen LogP contribution in [0.5, 0.6) is 0 Å². The topological polar surface area (TPSA) is 116 Å². The second-order valence-electron chi connectivity index (χ2n) is 5.81. The molecular formula is C16H21N3O5. The van der Waals surface area contributed by atoms with Crippen LogP contribution in [0.25, 0.3) is 0 Å². The molecule has 0 aliphatic carbocycles. The van der Waals surface area contributed by atoms with E-state index in [1.807, 2.05) is 4.90 Å². The number of primary amides is 1. The molecule has 8 heteroatoms. The lowest BCUT2D eigenvalue weighted by molar-refractivity contribution is -0.384. The lowest BCUT2D eigenvalue weighted by Crippen LogP contribution is -2.30. The Labute approximate surface area is 139 Å². The number of nitrogens with two attached hydrogens (primary N) is 1. The number of hydrogen-bond acceptors (Lipinski definition) is 6. The monoisotopic (exact) mass is 335 g/mol. The van der Waals surface area contributed by atoms with Crippen LogP contribution in [0.1, 0.15) is 43.0 Å². The molecule has 0 spiro atoms. The Hall–Kier alpha value is -2.64. The van der Waals surface area contributed by atoms with Gasteiger partial charge in [-0.2, -0.15) is 0 Å². The summed E-state index contributed by atoms with van der Waals surface area (Å²) in [6.45, 7) is 2.85. The van der Waals surface area contributed by atoms with Crippen LogP contribution in [-0.2, 0) is 9.53 Å². The minimum atomic E-state index is -1.10. The Balaban J connectivity index is 2.27. The van der Waals surface area contributed by atoms with Crippen molar-refractivity contribution in [1.29, 1.82) is 0 Å². The predicted molar refractivity (Wildman–Crippen MR) is 87.8 cm³/mol. The van der Waals surface area contributed by atoms with Gasteiger partial charge in [-0.05, 0) is 31.9 Å². The van der Waals surface area contributed by atoms with Crippen molar-refractivity contribution in [1.82, 2.24) is 0 Å². The summed E-state index contributed by atoms with van der Waals surface area (Å²) in [6.07, 6.45) is 3.09. The summed E-state index contributed by atoms with van der Waals surface area (Å²) >= 11 is 0. The second kappa shape index (κ2) is 7.76. The Morgan fingerprint density at radius 2 is 1.88 bits per heavy atom. The highest BCUT2D eigenvalue weighted by Gasteiger charge is 2.24. The van der Waals surface area contributed by atoms with Crippen molar-refractivity contribution in [2.24, 2.45) is 5.73 Å². The Bertz CT molecular complexity index is 639. The van der Waals surface area contributed by atoms with Gasteiger partial charge in [0.05, 0.1) is 10.5 Å². The number of ether oxygens (including phenoxy) is 1. The fraction of sp³-hybridized carbons (Fsp3) is 0.500. The summed E-state index contributed by atoms with van der Waals surface area (Å²) in [5.41, 5.74) is 5.43. The van der Waals surface area contributed by atoms with Gasteiger partial charge in [0.2, 0.25) is 0 Å². The highest BCUT2D eigenvalue weighted by molar-refractivity contribution is 5.93. The zero-order chi connectivity index (χ0) is 17.7. The Kier molecular flexibility index (Phi) is 5.73. The molecule has 1 atom stereocenters. The molecule has 1 aliphatic rings. The van der Waals surface area contributed by atoms with Crippen molar-refractivity contribution >= 4 is 23.3 Å². The van der Waals surface area contributed by atoms with Crippen LogP contribution in [0.4, 0.5) is 11.4 Å². The van der Waals surface area contributed by atoms with Gasteiger partial charge in [0.1, 0.15) is 5.69 Å². The van der Waals surface area contributed by atoms with Gasteiger partial charge < -0.3 is 15.4 Å². The van der Waals surface area contributed by atoms with E-state index in [4.69, 9.17) is 10.5 Å². The molecule has 1 fully saturated rings. The minimum Gasteiger partial charge on any atom is -0.449 e. The van der Waals surface area contributed by atoms with E-state index in [1.165, 1.54) is 19.1 Å². The predicted octanol–water partition coefficient (Wildman–Crippen LogP) is 2.01. The zero-order valence-electron chi connectivity index (χ0n) is 13.6. The van der Waals surface area contributed by atoms with Gasteiger partial charge in [-0.1, -0.05) is 12.8 Å². The van der Waals surface area contributed by atoms with Crippen molar-refractivity contribution in [3.63, 3.8) is 0 Å². The number of nitro groups is 1. The van der Waals surface area contributed by atoms with E-state index in [1.54, 1.807) is 6.07 Å². The maximum Gasteiger partial charge on any atom is 0.339 e. The number of hydrogen-bond donors (Lipinski definition) is 1. The van der Waals surface area contributed by atoms with Crippen LogP contribution in [0, 0.1) is 10.1 Å². The number of carbonyl (C=O) groups is 2. The van der Waals surface area contributed by atoms with E-state index in [0.717, 1.165) is 38.8 Å². The number of nitro benzene ring substituents is 1. The third kappa shape index (κ3) is 4.21. The van der Waals surface area contributed by atoms with E-state index in [0.29, 0.717) is 5.69 Å². The Morgan fingerprint density at radius 3 is 2.42 bits per heavy atom. The van der Waals surface area contributed by atoms with Crippen molar-refractivity contribution in [2.75, 3.05) is 18.0 Å². The summed E-state index contributed by atoms with van der Waals surface area (Å²) in [5, 5.41) is 11.4. The van der Waals surface area contributed by atoms with Crippen LogP contribution in [0.2, 0.25) is 0 Å². The third-order valence-corrected chi connectivity index (χ3v) is 4.04. The summed E-state index contributed by atoms with van der Waals surface area (Å²) in [5.74, 6) is -1.59. The zero-order valence-corrected chi connectivity index (χ0v) is 13.6. The van der Waals surface area contributed by atoms with Crippen molar-refractivity contribution in [3.05, 3.63) is 33.9 Å². The molecule has 1 aliphatic heterocycles. The molecule has 1 amide bonds. The highest BCUT2D eigenvalue weighted by Crippen LogP contribution is 2.31. The standard InChI is InChI=1S/C16H21N3O5/c1-11(15(17)20)24-16(21)12-6-7-13(14(10-12)19(22)23)18-8-4-2-3-5-9-18/h6-7,10-11H,2-5,8-9H2,1H3,(H2,17,20)/t11-/m1/s1. The van der Waals surface area contributed by atoms with Gasteiger partial charge in [-0.15, -0.1) is 0 Å². The normalized spacial score (nSPS) is 16.1. The molecule has 0 unspecified atom stereocenters. The molecule has 0 radical (unpaired) electrons. The largest absolute Gasteiger partial charge is 0.449 e. The first-order valence-corrected chi connectivity index (χ1v) is 7.94. The maximum atomic E-state index is 12.0. The molecule has 1 aromatic carbocycles. The van der Waals surface area contributed by atoms with Crippen LogP contribution in [-0.4, -0.2) is 36.0 Å². The van der Waals surface area contributed by atoms with Crippen molar-refractivity contribution in [3.8, 4) is 0 Å². The highest BCUT2D eigenvalue weighted by atomic mass is 16.6. The number of carbonyl (C=O) groups excluding carboxylic acids is 2. The smallest absolute Gasteiger partial charge is 0.339 e. The molecular weight excluding hydrogens is 314 g/mol. The van der Waals surface area contributed by atoms with Gasteiger partial charge in [0.15, 0.2) is 6.10 Å². The molecule has 0 saturated carbocycles. The molecule has 24 heavy (non-hydrogen) atoms. The van der Waals surface area contributed by atoms with Gasteiger partial charge in [0, 0.05) is 19.2 Å². The third-order valence-electron chi connectivity index (χ3n) is 4.04. The van der Waals surface area contributed by atoms with Crippen LogP contribution in [0.3, 0.4) is 0 Å². The average molecular weight is 335 g/mol. The number of amides is 1. The first-order valence-electron chi connectivity index (χ1n) is 7.94. The lowest BCUT2D eigenvalue weighted by Gasteiger charge is -2.22. The number of esters is 1. The Morgan fingerprint density at radius 1 is 1.25 bits per heavy atom. The first kappa shape index (κ1) is 17.7. The van der Waals surface area contributed by atoms with E-state index >= 15 is 0 Å². The van der Waals surface area contributed by atoms with Crippen molar-refractivity contribution < 1.29 is 19.2 Å². The number of nitrogens with zero attached hydrogens (tertiary/aromatic N) is 2. The van der Waals surface area contributed by atoms with E-state index < -0.39 is 22.9 Å². The number of benzene rings is 1. The van der Waals surface area contributed by atoms with Crippen LogP contribution in [0.15, 0.2) is 18.2 Å². The lowest BCUT2D eigenvalue weighted by atomic mass is 10.1. The van der Waals surface area contributed by atoms with Crippen LogP contribution >= 0.6 is 0 Å². The van der Waals surface area contributed by atoms with Gasteiger partial charge in [-0.3, -0.25) is 14.9 Å². The summed E-state index contributed by atoms with van der Waals surface area (Å²) in [4.78, 5) is 35.9. The second-order valence-corrected chi connectivity index (χ2v) is 5.81. The number of rotatable bonds is 5. The van der Waals surface area contributed by atoms with Gasteiger partial charge in [-0.25, -0.2) is 4.79 Å². The van der Waals surface area contributed by atoms with Gasteiger partial charge >= 0.3 is 5.97 Å². The maximum absolute atomic E-state index is 12.0. The van der Waals surface area contributed by atoms with E-state index in [2.05, 4.69) is 0 Å². The summed E-state index contributed by atoms with van der Waals surface area (Å²) < 4.78 is 4.89. The fourth-order valence-electron chi connectivity index (χ4n) is 2.66. The van der Waals surface area contributed by atoms with E-state index in [-0.39, 0.29) is 11.3 Å². The molecule has 0 aromatic heterocycles.